The maximum absolute atomic E-state index is 9.31. The Kier molecular flexibility index (Phi) is 2.31. The molecule has 2 N–H and O–H groups in total. The molecule has 3 heteroatoms. The van der Waals surface area contributed by atoms with Crippen LogP contribution >= 0.6 is 0 Å². The van der Waals surface area contributed by atoms with Crippen molar-refractivity contribution in [3.63, 3.8) is 0 Å². The standard InChI is InChI=1S/C10H13NO2/c12-9-6-10(13)11(9)7-8-4-2-1-3-5-8/h1-5,9-10,12-13H,6-7H2/t9-,10+. The Bertz CT molecular complexity index is 268. The summed E-state index contributed by atoms with van der Waals surface area (Å²) in [5.74, 6) is 0. The fraction of sp³-hybridized carbons (Fsp3) is 0.400. The third-order valence-electron chi connectivity index (χ3n) is 2.40. The molecule has 2 rings (SSSR count). The second-order valence-electron chi connectivity index (χ2n) is 3.35. The zero-order chi connectivity index (χ0) is 9.26. The van der Waals surface area contributed by atoms with E-state index in [-0.39, 0.29) is 0 Å². The third-order valence-corrected chi connectivity index (χ3v) is 2.40. The van der Waals surface area contributed by atoms with E-state index in [0.717, 1.165) is 5.56 Å². The molecule has 1 fully saturated rings. The first-order valence-electron chi connectivity index (χ1n) is 4.43. The first-order chi connectivity index (χ1) is 6.27. The molecule has 0 amide bonds. The van der Waals surface area contributed by atoms with Gasteiger partial charge in [0.05, 0.1) is 0 Å². The van der Waals surface area contributed by atoms with Crippen LogP contribution in [-0.2, 0) is 6.54 Å². The van der Waals surface area contributed by atoms with Crippen LogP contribution in [-0.4, -0.2) is 27.6 Å². The third kappa shape index (κ3) is 1.72. The largest absolute Gasteiger partial charge is 0.378 e. The predicted molar refractivity (Wildman–Crippen MR) is 48.6 cm³/mol. The van der Waals surface area contributed by atoms with Crippen LogP contribution in [0.1, 0.15) is 12.0 Å². The SMILES string of the molecule is O[C@@H]1C[C@H](O)N1Cc1ccccc1. The number of aliphatic hydroxyl groups excluding tert-OH is 2. The van der Waals surface area contributed by atoms with Crippen molar-refractivity contribution in [1.82, 2.24) is 4.90 Å². The number of rotatable bonds is 2. The normalized spacial score (nSPS) is 28.5. The lowest BCUT2D eigenvalue weighted by molar-refractivity contribution is -0.205. The minimum Gasteiger partial charge on any atom is -0.378 e. The second kappa shape index (κ2) is 3.46. The van der Waals surface area contributed by atoms with E-state index >= 15 is 0 Å². The summed E-state index contributed by atoms with van der Waals surface area (Å²) in [5, 5.41) is 18.6. The van der Waals surface area contributed by atoms with Crippen molar-refractivity contribution in [3.05, 3.63) is 35.9 Å². The predicted octanol–water partition coefficient (Wildman–Crippen LogP) is 0.529. The van der Waals surface area contributed by atoms with Crippen LogP contribution in [0.4, 0.5) is 0 Å². The summed E-state index contributed by atoms with van der Waals surface area (Å²) in [7, 11) is 0. The van der Waals surface area contributed by atoms with Gasteiger partial charge in [-0.3, -0.25) is 0 Å². The highest BCUT2D eigenvalue weighted by Gasteiger charge is 2.34. The molecule has 0 bridgehead atoms. The highest BCUT2D eigenvalue weighted by atomic mass is 16.3. The lowest BCUT2D eigenvalue weighted by Gasteiger charge is -2.42. The van der Waals surface area contributed by atoms with E-state index in [2.05, 4.69) is 0 Å². The van der Waals surface area contributed by atoms with Crippen molar-refractivity contribution >= 4 is 0 Å². The van der Waals surface area contributed by atoms with E-state index in [1.165, 1.54) is 0 Å². The number of likely N-dealkylation sites (tertiary alicyclic amines) is 1. The van der Waals surface area contributed by atoms with E-state index in [9.17, 15) is 10.2 Å². The van der Waals surface area contributed by atoms with Crippen molar-refractivity contribution in [3.8, 4) is 0 Å². The summed E-state index contributed by atoms with van der Waals surface area (Å²) >= 11 is 0. The average molecular weight is 179 g/mol. The van der Waals surface area contributed by atoms with Gasteiger partial charge in [0.25, 0.3) is 0 Å². The molecule has 1 aromatic rings. The van der Waals surface area contributed by atoms with Crippen molar-refractivity contribution in [2.24, 2.45) is 0 Å². The molecule has 1 saturated heterocycles. The van der Waals surface area contributed by atoms with Crippen molar-refractivity contribution in [2.45, 2.75) is 25.4 Å². The van der Waals surface area contributed by atoms with Gasteiger partial charge in [0.2, 0.25) is 0 Å². The lowest BCUT2D eigenvalue weighted by atomic mass is 10.1. The summed E-state index contributed by atoms with van der Waals surface area (Å²) in [6.45, 7) is 0.614. The molecule has 0 aliphatic carbocycles. The van der Waals surface area contributed by atoms with Gasteiger partial charge in [-0.2, -0.15) is 0 Å². The molecule has 0 unspecified atom stereocenters. The monoisotopic (exact) mass is 179 g/mol. The Labute approximate surface area is 77.2 Å². The summed E-state index contributed by atoms with van der Waals surface area (Å²) in [6, 6.07) is 9.82. The van der Waals surface area contributed by atoms with Gasteiger partial charge in [-0.15, -0.1) is 0 Å². The van der Waals surface area contributed by atoms with E-state index in [1.807, 2.05) is 30.3 Å². The lowest BCUT2D eigenvalue weighted by Crippen LogP contribution is -2.54. The quantitative estimate of drug-likeness (QED) is 0.696. The molecule has 70 valence electrons. The fourth-order valence-electron chi connectivity index (χ4n) is 1.52. The first kappa shape index (κ1) is 8.69. The molecular formula is C10H13NO2. The molecule has 1 aliphatic rings. The zero-order valence-corrected chi connectivity index (χ0v) is 7.30. The zero-order valence-electron chi connectivity index (χ0n) is 7.30. The molecule has 0 saturated carbocycles. The van der Waals surface area contributed by atoms with Crippen LogP contribution < -0.4 is 0 Å². The molecule has 0 spiro atoms. The highest BCUT2D eigenvalue weighted by Crippen LogP contribution is 2.23. The highest BCUT2D eigenvalue weighted by molar-refractivity contribution is 5.14. The van der Waals surface area contributed by atoms with Crippen molar-refractivity contribution in [2.75, 3.05) is 0 Å². The number of benzene rings is 1. The molecular weight excluding hydrogens is 166 g/mol. The van der Waals surface area contributed by atoms with Crippen LogP contribution in [0.2, 0.25) is 0 Å². The molecule has 2 atom stereocenters. The number of hydrogen-bond acceptors (Lipinski definition) is 3. The van der Waals surface area contributed by atoms with Gasteiger partial charge in [0, 0.05) is 13.0 Å². The topological polar surface area (TPSA) is 43.7 Å². The Morgan fingerprint density at radius 1 is 1.15 bits per heavy atom. The molecule has 13 heavy (non-hydrogen) atoms. The van der Waals surface area contributed by atoms with Gasteiger partial charge in [-0.05, 0) is 5.56 Å². The van der Waals surface area contributed by atoms with Gasteiger partial charge in [-0.1, -0.05) is 30.3 Å². The molecule has 0 aromatic heterocycles. The summed E-state index contributed by atoms with van der Waals surface area (Å²) < 4.78 is 0. The Hall–Kier alpha value is -0.900. The Morgan fingerprint density at radius 2 is 1.77 bits per heavy atom. The van der Waals surface area contributed by atoms with E-state index in [4.69, 9.17) is 0 Å². The summed E-state index contributed by atoms with van der Waals surface area (Å²) in [6.07, 6.45) is -0.488. The van der Waals surface area contributed by atoms with Crippen LogP contribution in [0.3, 0.4) is 0 Å². The van der Waals surface area contributed by atoms with Gasteiger partial charge in [0.15, 0.2) is 0 Å². The smallest absolute Gasteiger partial charge is 0.113 e. The van der Waals surface area contributed by atoms with Crippen LogP contribution in [0.5, 0.6) is 0 Å². The Morgan fingerprint density at radius 3 is 2.31 bits per heavy atom. The van der Waals surface area contributed by atoms with E-state index in [0.29, 0.717) is 13.0 Å². The van der Waals surface area contributed by atoms with Crippen molar-refractivity contribution in [1.29, 1.82) is 0 Å². The molecule has 1 heterocycles. The fourth-order valence-corrected chi connectivity index (χ4v) is 1.52. The maximum atomic E-state index is 9.31. The molecule has 1 aliphatic heterocycles. The minimum absolute atomic E-state index is 0.465. The average Bonchev–Trinajstić information content (AvgIpc) is 2.16. The van der Waals surface area contributed by atoms with Crippen LogP contribution in [0.15, 0.2) is 30.3 Å². The number of aliphatic hydroxyl groups is 2. The minimum atomic E-state index is -0.477. The van der Waals surface area contributed by atoms with Crippen LogP contribution in [0, 0.1) is 0 Å². The molecule has 0 radical (unpaired) electrons. The van der Waals surface area contributed by atoms with Crippen LogP contribution in [0.25, 0.3) is 0 Å². The van der Waals surface area contributed by atoms with Crippen molar-refractivity contribution < 1.29 is 10.2 Å². The summed E-state index contributed by atoms with van der Waals surface area (Å²) in [5.41, 5.74) is 1.11. The molecule has 1 aromatic carbocycles. The Balaban J connectivity index is 1.99. The maximum Gasteiger partial charge on any atom is 0.113 e. The number of nitrogens with zero attached hydrogens (tertiary/aromatic N) is 1. The second-order valence-corrected chi connectivity index (χ2v) is 3.35. The number of hydrogen-bond donors (Lipinski definition) is 2. The van der Waals surface area contributed by atoms with Gasteiger partial charge < -0.3 is 10.2 Å². The van der Waals surface area contributed by atoms with Gasteiger partial charge in [0.1, 0.15) is 12.5 Å². The van der Waals surface area contributed by atoms with Gasteiger partial charge in [-0.25, -0.2) is 4.90 Å². The first-order valence-corrected chi connectivity index (χ1v) is 4.43. The van der Waals surface area contributed by atoms with Gasteiger partial charge >= 0.3 is 0 Å². The molecule has 3 nitrogen and oxygen atoms in total. The van der Waals surface area contributed by atoms with E-state index < -0.39 is 12.5 Å². The summed E-state index contributed by atoms with van der Waals surface area (Å²) in [4.78, 5) is 1.66. The van der Waals surface area contributed by atoms with E-state index in [1.54, 1.807) is 4.90 Å².